The van der Waals surface area contributed by atoms with Gasteiger partial charge in [-0.1, -0.05) is 6.92 Å². The topological polar surface area (TPSA) is 125 Å². The van der Waals surface area contributed by atoms with Gasteiger partial charge in [0, 0.05) is 35.2 Å². The second kappa shape index (κ2) is 7.82. The number of hydrogen-bond donors (Lipinski definition) is 3. The third-order valence-corrected chi connectivity index (χ3v) is 7.90. The number of imidazole rings is 1. The Kier molecular flexibility index (Phi) is 5.50. The molecule has 4 heterocycles. The van der Waals surface area contributed by atoms with Crippen LogP contribution < -0.4 is 5.32 Å². The molecule has 3 aliphatic heterocycles. The molecule has 0 unspecified atom stereocenters. The number of aryl methyl sites for hydroxylation is 1. The molecule has 1 amide bonds. The lowest BCUT2D eigenvalue weighted by Crippen LogP contribution is -2.63. The smallest absolute Gasteiger partial charge is 0.353 e. The number of fused-ring (bicyclic) bond motifs is 1. The molecule has 6 atom stereocenters. The van der Waals surface area contributed by atoms with Gasteiger partial charge in [0.15, 0.2) is 6.29 Å². The summed E-state index contributed by atoms with van der Waals surface area (Å²) in [5.74, 6) is -2.09. The van der Waals surface area contributed by atoms with E-state index < -0.39 is 18.0 Å². The molecular weight excluding hydrogens is 408 g/mol. The maximum atomic E-state index is 12.5. The fourth-order valence-electron chi connectivity index (χ4n) is 4.90. The Labute approximate surface area is 178 Å². The Balaban J connectivity index is 1.47. The Morgan fingerprint density at radius 3 is 2.87 bits per heavy atom. The van der Waals surface area contributed by atoms with Crippen molar-refractivity contribution in [1.82, 2.24) is 19.8 Å². The predicted molar refractivity (Wildman–Crippen MR) is 110 cm³/mol. The number of hydrogen-bond acceptors (Lipinski definition) is 7. The van der Waals surface area contributed by atoms with Crippen molar-refractivity contribution >= 4 is 29.9 Å². The monoisotopic (exact) mass is 434 g/mol. The Morgan fingerprint density at radius 2 is 2.23 bits per heavy atom. The van der Waals surface area contributed by atoms with Crippen molar-refractivity contribution in [1.29, 1.82) is 0 Å². The number of carboxylic acid groups (broad SMARTS) is 1. The molecule has 0 spiro atoms. The van der Waals surface area contributed by atoms with E-state index in [0.29, 0.717) is 29.4 Å². The van der Waals surface area contributed by atoms with E-state index in [-0.39, 0.29) is 34.9 Å². The number of thioether (sulfide) groups is 1. The first kappa shape index (κ1) is 21.1. The molecule has 2 saturated heterocycles. The van der Waals surface area contributed by atoms with Gasteiger partial charge in [-0.05, 0) is 20.3 Å². The molecule has 10 heteroatoms. The van der Waals surface area contributed by atoms with Crippen LogP contribution in [-0.4, -0.2) is 72.8 Å². The summed E-state index contributed by atoms with van der Waals surface area (Å²) in [5.41, 5.74) is 1.34. The molecule has 1 aromatic rings. The molecular formula is C20H26N4O5S. The highest BCUT2D eigenvalue weighted by atomic mass is 32.2. The number of aromatic nitrogens is 2. The molecule has 4 rings (SSSR count). The van der Waals surface area contributed by atoms with Crippen molar-refractivity contribution in [2.24, 2.45) is 11.8 Å². The predicted octanol–water partition coefficient (Wildman–Crippen LogP) is 0.621. The van der Waals surface area contributed by atoms with Crippen molar-refractivity contribution in [2.75, 3.05) is 6.54 Å². The Bertz CT molecular complexity index is 926. The zero-order valence-corrected chi connectivity index (χ0v) is 17.9. The summed E-state index contributed by atoms with van der Waals surface area (Å²) in [6.45, 7) is 6.63. The lowest BCUT2D eigenvalue weighted by atomic mass is 9.79. The van der Waals surface area contributed by atoms with Crippen LogP contribution in [0.1, 0.15) is 36.5 Å². The van der Waals surface area contributed by atoms with Gasteiger partial charge in [0.05, 0.1) is 30.1 Å². The quantitative estimate of drug-likeness (QED) is 0.421. The van der Waals surface area contributed by atoms with E-state index in [9.17, 15) is 24.6 Å². The van der Waals surface area contributed by atoms with Crippen molar-refractivity contribution in [2.45, 2.75) is 57.2 Å². The Hall–Kier alpha value is -2.17. The van der Waals surface area contributed by atoms with Crippen molar-refractivity contribution in [3.8, 4) is 0 Å². The van der Waals surface area contributed by atoms with Crippen LogP contribution in [0.3, 0.4) is 0 Å². The van der Waals surface area contributed by atoms with Gasteiger partial charge >= 0.3 is 5.97 Å². The average Bonchev–Trinajstić information content (AvgIpc) is 3.32. The first-order chi connectivity index (χ1) is 14.2. The second-order valence-electron chi connectivity index (χ2n) is 8.34. The third-order valence-electron chi connectivity index (χ3n) is 6.39. The molecule has 0 saturated carbocycles. The van der Waals surface area contributed by atoms with Gasteiger partial charge in [-0.25, -0.2) is 9.78 Å². The van der Waals surface area contributed by atoms with Crippen LogP contribution in [0, 0.1) is 18.8 Å². The molecule has 162 valence electrons. The van der Waals surface area contributed by atoms with Gasteiger partial charge in [-0.2, -0.15) is 0 Å². The van der Waals surface area contributed by atoms with Crippen LogP contribution in [0.2, 0.25) is 0 Å². The molecule has 9 nitrogen and oxygen atoms in total. The van der Waals surface area contributed by atoms with Gasteiger partial charge in [0.2, 0.25) is 5.91 Å². The molecule has 0 radical (unpaired) electrons. The van der Waals surface area contributed by atoms with E-state index in [1.807, 2.05) is 11.5 Å². The maximum Gasteiger partial charge on any atom is 0.353 e. The van der Waals surface area contributed by atoms with E-state index in [0.717, 1.165) is 12.7 Å². The minimum absolute atomic E-state index is 0.0660. The molecule has 1 aromatic heterocycles. The molecule has 3 aliphatic rings. The fraction of sp³-hybridized carbons (Fsp3) is 0.600. The molecule has 30 heavy (non-hydrogen) atoms. The average molecular weight is 435 g/mol. The molecule has 0 aromatic carbocycles. The van der Waals surface area contributed by atoms with E-state index >= 15 is 0 Å². The number of amides is 1. The zero-order valence-electron chi connectivity index (χ0n) is 17.1. The number of rotatable bonds is 7. The third kappa shape index (κ3) is 3.27. The fourth-order valence-corrected chi connectivity index (χ4v) is 6.42. The van der Waals surface area contributed by atoms with Crippen LogP contribution in [0.25, 0.3) is 0 Å². The molecule has 2 fully saturated rings. The van der Waals surface area contributed by atoms with E-state index in [2.05, 4.69) is 10.3 Å². The number of carbonyl (C=O) groups is 3. The van der Waals surface area contributed by atoms with Gasteiger partial charge in [-0.15, -0.1) is 11.8 Å². The number of aliphatic carboxylic acids is 1. The Morgan fingerprint density at radius 1 is 1.50 bits per heavy atom. The van der Waals surface area contributed by atoms with Crippen LogP contribution in [-0.2, 0) is 16.1 Å². The van der Waals surface area contributed by atoms with Gasteiger partial charge in [0.1, 0.15) is 11.4 Å². The SMILES string of the molecule is Cc1ncn(C[C@@H]2C[C@H](SC3=C(C(=O)O)N4C(=O)[C@H]([C@@H](C)O)[C@H]4[C@H]3C)CN2)c1C=O. The number of β-lactam (4-membered cyclic amide) rings is 1. The van der Waals surface area contributed by atoms with Crippen LogP contribution in [0.4, 0.5) is 0 Å². The van der Waals surface area contributed by atoms with Gasteiger partial charge in [-0.3, -0.25) is 9.59 Å². The number of aldehydes is 1. The maximum absolute atomic E-state index is 12.5. The number of carbonyl (C=O) groups excluding carboxylic acids is 2. The highest BCUT2D eigenvalue weighted by molar-refractivity contribution is 8.03. The van der Waals surface area contributed by atoms with E-state index in [1.165, 1.54) is 16.7 Å². The lowest BCUT2D eigenvalue weighted by molar-refractivity contribution is -0.163. The van der Waals surface area contributed by atoms with Crippen LogP contribution in [0.15, 0.2) is 16.9 Å². The summed E-state index contributed by atoms with van der Waals surface area (Å²) < 4.78 is 1.84. The number of nitrogens with zero attached hydrogens (tertiary/aromatic N) is 3. The highest BCUT2D eigenvalue weighted by Crippen LogP contribution is 2.51. The van der Waals surface area contributed by atoms with E-state index in [4.69, 9.17) is 0 Å². The number of nitrogens with one attached hydrogen (secondary N) is 1. The normalized spacial score (nSPS) is 31.7. The second-order valence-corrected chi connectivity index (χ2v) is 9.68. The molecule has 0 aliphatic carbocycles. The standard InChI is InChI=1S/C20H26N4O5S/c1-9-16-15(11(3)26)19(27)24(16)17(20(28)29)18(9)30-13-4-12(21-5-13)6-23-8-22-10(2)14(23)7-25/h7-9,11-13,15-16,21,26H,4-6H2,1-3H3,(H,28,29)/t9-,11-,12+,13+,15-,16-/m1/s1. The first-order valence-corrected chi connectivity index (χ1v) is 11.0. The number of aliphatic hydroxyl groups is 1. The number of carboxylic acids is 1. The summed E-state index contributed by atoms with van der Waals surface area (Å²) in [5, 5.41) is 23.3. The van der Waals surface area contributed by atoms with Gasteiger partial charge < -0.3 is 25.0 Å². The summed E-state index contributed by atoms with van der Waals surface area (Å²) in [7, 11) is 0. The highest BCUT2D eigenvalue weighted by Gasteiger charge is 2.60. The van der Waals surface area contributed by atoms with Crippen molar-refractivity contribution in [3.63, 3.8) is 0 Å². The van der Waals surface area contributed by atoms with Crippen molar-refractivity contribution in [3.05, 3.63) is 28.3 Å². The van der Waals surface area contributed by atoms with Gasteiger partial charge in [0.25, 0.3) is 0 Å². The summed E-state index contributed by atoms with van der Waals surface area (Å²) in [4.78, 5) is 41.9. The minimum atomic E-state index is -1.10. The first-order valence-electron chi connectivity index (χ1n) is 10.1. The van der Waals surface area contributed by atoms with Crippen LogP contribution in [0.5, 0.6) is 0 Å². The lowest BCUT2D eigenvalue weighted by Gasteiger charge is -2.46. The van der Waals surface area contributed by atoms with E-state index in [1.54, 1.807) is 20.2 Å². The summed E-state index contributed by atoms with van der Waals surface area (Å²) in [6.07, 6.45) is 2.48. The zero-order chi connectivity index (χ0) is 21.7. The van der Waals surface area contributed by atoms with Crippen molar-refractivity contribution < 1.29 is 24.6 Å². The molecule has 0 bridgehead atoms. The number of aliphatic hydroxyl groups excluding tert-OH is 1. The largest absolute Gasteiger partial charge is 0.477 e. The minimum Gasteiger partial charge on any atom is -0.477 e. The summed E-state index contributed by atoms with van der Waals surface area (Å²) >= 11 is 1.52. The van der Waals surface area contributed by atoms with Crippen LogP contribution >= 0.6 is 11.8 Å². The molecule has 3 N–H and O–H groups in total. The summed E-state index contributed by atoms with van der Waals surface area (Å²) in [6, 6.07) is -0.149.